The second-order valence-corrected chi connectivity index (χ2v) is 5.36. The smallest absolute Gasteiger partial charge is 0.164 e. The third-order valence-corrected chi connectivity index (χ3v) is 3.41. The lowest BCUT2D eigenvalue weighted by molar-refractivity contribution is -0.159. The molecule has 2 rings (SSSR count). The Kier molecular flexibility index (Phi) is 2.10. The fraction of sp³-hybridized carbons (Fsp3) is 0.800. The van der Waals surface area contributed by atoms with Gasteiger partial charge in [0.05, 0.1) is 5.60 Å². The molecule has 2 nitrogen and oxygen atoms in total. The molecular formula is C10H15BrO2. The van der Waals surface area contributed by atoms with Crippen LogP contribution in [-0.2, 0) is 9.47 Å². The van der Waals surface area contributed by atoms with Crippen molar-refractivity contribution in [1.82, 2.24) is 0 Å². The average Bonchev–Trinajstić information content (AvgIpc) is 2.20. The number of rotatable bonds is 0. The van der Waals surface area contributed by atoms with Crippen LogP contribution in [0.3, 0.4) is 0 Å². The van der Waals surface area contributed by atoms with Gasteiger partial charge in [-0.3, -0.25) is 0 Å². The SMILES string of the molecule is CC1(C)OC2C(Br)=CCCC2(C)O1. The van der Waals surface area contributed by atoms with Gasteiger partial charge >= 0.3 is 0 Å². The Morgan fingerprint density at radius 1 is 1.46 bits per heavy atom. The van der Waals surface area contributed by atoms with E-state index in [2.05, 4.69) is 28.9 Å². The van der Waals surface area contributed by atoms with Gasteiger partial charge in [0.15, 0.2) is 5.79 Å². The fourth-order valence-corrected chi connectivity index (χ4v) is 2.99. The molecule has 1 heterocycles. The highest BCUT2D eigenvalue weighted by Crippen LogP contribution is 2.46. The lowest BCUT2D eigenvalue weighted by Gasteiger charge is -2.31. The largest absolute Gasteiger partial charge is 0.341 e. The van der Waals surface area contributed by atoms with Crippen LogP contribution in [-0.4, -0.2) is 17.5 Å². The van der Waals surface area contributed by atoms with Gasteiger partial charge in [0.2, 0.25) is 0 Å². The predicted molar refractivity (Wildman–Crippen MR) is 54.7 cm³/mol. The van der Waals surface area contributed by atoms with Gasteiger partial charge in [-0.1, -0.05) is 22.0 Å². The summed E-state index contributed by atoms with van der Waals surface area (Å²) >= 11 is 3.54. The summed E-state index contributed by atoms with van der Waals surface area (Å²) in [4.78, 5) is 0. The molecule has 3 heteroatoms. The quantitative estimate of drug-likeness (QED) is 0.655. The van der Waals surface area contributed by atoms with Crippen molar-refractivity contribution in [3.05, 3.63) is 10.6 Å². The molecule has 1 fully saturated rings. The Hall–Kier alpha value is 0.140. The van der Waals surface area contributed by atoms with Crippen molar-refractivity contribution in [2.45, 2.75) is 51.1 Å². The average molecular weight is 247 g/mol. The minimum absolute atomic E-state index is 0.0799. The van der Waals surface area contributed by atoms with Crippen LogP contribution in [0.5, 0.6) is 0 Å². The zero-order chi connectivity index (χ0) is 9.69. The molecule has 2 aliphatic rings. The second kappa shape index (κ2) is 2.81. The van der Waals surface area contributed by atoms with E-state index in [4.69, 9.17) is 9.47 Å². The van der Waals surface area contributed by atoms with Crippen LogP contribution in [0.1, 0.15) is 33.6 Å². The molecule has 2 unspecified atom stereocenters. The Labute approximate surface area is 87.4 Å². The van der Waals surface area contributed by atoms with Crippen molar-refractivity contribution in [3.63, 3.8) is 0 Å². The number of halogens is 1. The number of fused-ring (bicyclic) bond motifs is 1. The zero-order valence-corrected chi connectivity index (χ0v) is 9.85. The van der Waals surface area contributed by atoms with E-state index in [0.29, 0.717) is 0 Å². The van der Waals surface area contributed by atoms with Crippen LogP contribution in [0.15, 0.2) is 10.6 Å². The Balaban J connectivity index is 2.30. The first kappa shape index (κ1) is 9.69. The van der Waals surface area contributed by atoms with Gasteiger partial charge in [-0.15, -0.1) is 0 Å². The van der Waals surface area contributed by atoms with E-state index in [1.807, 2.05) is 13.8 Å². The van der Waals surface area contributed by atoms with Gasteiger partial charge in [0, 0.05) is 4.48 Å². The first-order valence-electron chi connectivity index (χ1n) is 4.66. The van der Waals surface area contributed by atoms with Gasteiger partial charge in [-0.2, -0.15) is 0 Å². The minimum Gasteiger partial charge on any atom is -0.341 e. The molecule has 0 saturated carbocycles. The summed E-state index contributed by atoms with van der Waals surface area (Å²) in [6.07, 6.45) is 4.36. The molecule has 74 valence electrons. The third kappa shape index (κ3) is 1.58. The normalized spacial score (nSPS) is 42.8. The van der Waals surface area contributed by atoms with E-state index < -0.39 is 5.79 Å². The molecule has 2 atom stereocenters. The van der Waals surface area contributed by atoms with Gasteiger partial charge in [-0.05, 0) is 33.6 Å². The maximum atomic E-state index is 5.92. The van der Waals surface area contributed by atoms with Crippen LogP contribution in [0.4, 0.5) is 0 Å². The monoisotopic (exact) mass is 246 g/mol. The van der Waals surface area contributed by atoms with Crippen molar-refractivity contribution < 1.29 is 9.47 Å². The maximum Gasteiger partial charge on any atom is 0.164 e. The van der Waals surface area contributed by atoms with Crippen LogP contribution >= 0.6 is 15.9 Å². The first-order valence-corrected chi connectivity index (χ1v) is 5.46. The number of allylic oxidation sites excluding steroid dienone is 1. The van der Waals surface area contributed by atoms with Crippen LogP contribution in [0.25, 0.3) is 0 Å². The summed E-state index contributed by atoms with van der Waals surface area (Å²) in [5.74, 6) is -0.448. The molecule has 0 aromatic carbocycles. The molecule has 0 N–H and O–H groups in total. The number of hydrogen-bond acceptors (Lipinski definition) is 2. The van der Waals surface area contributed by atoms with E-state index in [9.17, 15) is 0 Å². The molecule has 0 aromatic heterocycles. The van der Waals surface area contributed by atoms with E-state index >= 15 is 0 Å². The fourth-order valence-electron chi connectivity index (χ4n) is 2.18. The van der Waals surface area contributed by atoms with Crippen LogP contribution < -0.4 is 0 Å². The van der Waals surface area contributed by atoms with Crippen LogP contribution in [0, 0.1) is 0 Å². The van der Waals surface area contributed by atoms with Gasteiger partial charge in [0.25, 0.3) is 0 Å². The predicted octanol–water partition coefficient (Wildman–Crippen LogP) is 2.97. The minimum atomic E-state index is -0.448. The highest BCUT2D eigenvalue weighted by Gasteiger charge is 2.51. The van der Waals surface area contributed by atoms with E-state index in [1.54, 1.807) is 0 Å². The van der Waals surface area contributed by atoms with E-state index in [1.165, 1.54) is 0 Å². The Bertz CT molecular complexity index is 260. The van der Waals surface area contributed by atoms with Gasteiger partial charge in [0.1, 0.15) is 6.10 Å². The van der Waals surface area contributed by atoms with Crippen molar-refractivity contribution in [2.75, 3.05) is 0 Å². The first-order chi connectivity index (χ1) is 5.93. The molecule has 0 bridgehead atoms. The third-order valence-electron chi connectivity index (χ3n) is 2.67. The highest BCUT2D eigenvalue weighted by molar-refractivity contribution is 9.11. The molecule has 0 aromatic rings. The summed E-state index contributed by atoms with van der Waals surface area (Å²) in [5, 5.41) is 0. The Morgan fingerprint density at radius 2 is 2.15 bits per heavy atom. The molecule has 1 saturated heterocycles. The summed E-state index contributed by atoms with van der Waals surface area (Å²) in [6, 6.07) is 0. The topological polar surface area (TPSA) is 18.5 Å². The maximum absolute atomic E-state index is 5.92. The molecule has 0 radical (unpaired) electrons. The lowest BCUT2D eigenvalue weighted by Crippen LogP contribution is -2.38. The second-order valence-electron chi connectivity index (χ2n) is 4.44. The standard InChI is InChI=1S/C10H15BrO2/c1-9(2)12-8-7(11)5-4-6-10(8,3)13-9/h5,8H,4,6H2,1-3H3. The lowest BCUT2D eigenvalue weighted by atomic mass is 9.89. The van der Waals surface area contributed by atoms with Crippen molar-refractivity contribution in [3.8, 4) is 0 Å². The van der Waals surface area contributed by atoms with Crippen molar-refractivity contribution >= 4 is 15.9 Å². The van der Waals surface area contributed by atoms with Gasteiger partial charge in [-0.25, -0.2) is 0 Å². The zero-order valence-electron chi connectivity index (χ0n) is 8.26. The molecule has 1 aliphatic carbocycles. The molecule has 0 amide bonds. The summed E-state index contributed by atoms with van der Waals surface area (Å²) in [7, 11) is 0. The van der Waals surface area contributed by atoms with Crippen molar-refractivity contribution in [1.29, 1.82) is 0 Å². The Morgan fingerprint density at radius 3 is 2.77 bits per heavy atom. The summed E-state index contributed by atoms with van der Waals surface area (Å²) in [5.41, 5.74) is -0.142. The number of ether oxygens (including phenoxy) is 2. The van der Waals surface area contributed by atoms with Crippen molar-refractivity contribution in [2.24, 2.45) is 0 Å². The number of hydrogen-bond donors (Lipinski definition) is 0. The van der Waals surface area contributed by atoms with E-state index in [0.717, 1.165) is 17.3 Å². The molecule has 13 heavy (non-hydrogen) atoms. The van der Waals surface area contributed by atoms with Crippen LogP contribution in [0.2, 0.25) is 0 Å². The molecule has 1 aliphatic heterocycles. The molecular weight excluding hydrogens is 232 g/mol. The van der Waals surface area contributed by atoms with E-state index in [-0.39, 0.29) is 11.7 Å². The summed E-state index contributed by atoms with van der Waals surface area (Å²) in [6.45, 7) is 6.06. The highest BCUT2D eigenvalue weighted by atomic mass is 79.9. The van der Waals surface area contributed by atoms with Gasteiger partial charge < -0.3 is 9.47 Å². The summed E-state index contributed by atoms with van der Waals surface area (Å²) < 4.78 is 12.9. The molecule has 0 spiro atoms.